The molecule has 0 saturated carbocycles. The van der Waals surface area contributed by atoms with Crippen molar-refractivity contribution in [3.8, 4) is 45.3 Å². The second-order valence-electron chi connectivity index (χ2n) is 11.8. The van der Waals surface area contributed by atoms with Crippen LogP contribution < -0.4 is 14.8 Å². The van der Waals surface area contributed by atoms with Gasteiger partial charge in [-0.1, -0.05) is 91.0 Å². The van der Waals surface area contributed by atoms with Gasteiger partial charge in [-0.15, -0.1) is 21.5 Å². The molecule has 3 heterocycles. The Morgan fingerprint density at radius 3 is 1.87 bits per heavy atom. The summed E-state index contributed by atoms with van der Waals surface area (Å²) in [6, 6.07) is 45.1. The van der Waals surface area contributed by atoms with Gasteiger partial charge in [-0.3, -0.25) is 4.72 Å². The van der Waals surface area contributed by atoms with Crippen molar-refractivity contribution in [2.24, 2.45) is 0 Å². The lowest BCUT2D eigenvalue weighted by Crippen LogP contribution is -2.12. The maximum absolute atomic E-state index is 13.2. The highest BCUT2D eigenvalue weighted by Gasteiger charge is 2.25. The summed E-state index contributed by atoms with van der Waals surface area (Å²) in [5, 5.41) is 24.3. The third-order valence-electron chi connectivity index (χ3n) is 8.58. The number of sulfonamides is 1. The van der Waals surface area contributed by atoms with E-state index in [1.165, 1.54) is 23.5 Å². The Bertz CT molecular complexity index is 2720. The third kappa shape index (κ3) is 6.06. The van der Waals surface area contributed by atoms with Gasteiger partial charge in [0.25, 0.3) is 10.0 Å². The first-order valence-corrected chi connectivity index (χ1v) is 18.5. The summed E-state index contributed by atoms with van der Waals surface area (Å²) in [7, 11) is -2.33. The molecule has 3 aromatic heterocycles. The molecule has 11 heteroatoms. The van der Waals surface area contributed by atoms with Gasteiger partial charge in [0, 0.05) is 33.5 Å². The molecule has 0 radical (unpaired) electrons. The molecule has 0 fully saturated rings. The van der Waals surface area contributed by atoms with E-state index in [4.69, 9.17) is 19.9 Å². The first-order chi connectivity index (χ1) is 25.4. The SMILES string of the molecule is COc1ccc(NS(=O)(=O)c2ccc(Nc3nc4c(sc5nnc(-c6ccccc6)c(-c6ccccc6)c54)c(-c4ccccc4)c3C#N)cc2)cc1. The van der Waals surface area contributed by atoms with Crippen molar-refractivity contribution in [3.05, 3.63) is 145 Å². The third-order valence-corrected chi connectivity index (χ3v) is 11.1. The van der Waals surface area contributed by atoms with Crippen molar-refractivity contribution in [3.63, 3.8) is 0 Å². The number of rotatable bonds is 9. The minimum absolute atomic E-state index is 0.0751. The first kappa shape index (κ1) is 32.6. The number of methoxy groups -OCH3 is 1. The molecule has 252 valence electrons. The molecule has 0 bridgehead atoms. The minimum atomic E-state index is -3.88. The smallest absolute Gasteiger partial charge is 0.261 e. The van der Waals surface area contributed by atoms with Crippen molar-refractivity contribution in [2.75, 3.05) is 17.1 Å². The van der Waals surface area contributed by atoms with E-state index in [-0.39, 0.29) is 4.90 Å². The quantitative estimate of drug-likeness (QED) is 0.151. The number of nitrogens with one attached hydrogen (secondary N) is 2. The van der Waals surface area contributed by atoms with Crippen LogP contribution in [0.1, 0.15) is 5.56 Å². The molecule has 0 unspecified atom stereocenters. The van der Waals surface area contributed by atoms with Crippen molar-refractivity contribution in [2.45, 2.75) is 4.90 Å². The lowest BCUT2D eigenvalue weighted by atomic mass is 9.95. The van der Waals surface area contributed by atoms with Gasteiger partial charge in [-0.2, -0.15) is 5.26 Å². The monoisotopic (exact) mass is 716 g/mol. The predicted octanol–water partition coefficient (Wildman–Crippen LogP) is 9.67. The van der Waals surface area contributed by atoms with Crippen molar-refractivity contribution >= 4 is 59.0 Å². The molecule has 0 aliphatic heterocycles. The molecule has 0 amide bonds. The Kier molecular flexibility index (Phi) is 8.52. The number of nitriles is 1. The Morgan fingerprint density at radius 1 is 0.692 bits per heavy atom. The number of benzene rings is 5. The van der Waals surface area contributed by atoms with Gasteiger partial charge in [0.2, 0.25) is 0 Å². The second-order valence-corrected chi connectivity index (χ2v) is 14.5. The predicted molar refractivity (Wildman–Crippen MR) is 207 cm³/mol. The summed E-state index contributed by atoms with van der Waals surface area (Å²) in [4.78, 5) is 5.91. The molecule has 8 rings (SSSR count). The molecule has 8 aromatic rings. The highest BCUT2D eigenvalue weighted by atomic mass is 32.2. The highest BCUT2D eigenvalue weighted by Crippen LogP contribution is 2.47. The summed E-state index contributed by atoms with van der Waals surface area (Å²) in [5.41, 5.74) is 7.06. The van der Waals surface area contributed by atoms with Gasteiger partial charge in [0.05, 0.1) is 22.2 Å². The van der Waals surface area contributed by atoms with Crippen LogP contribution in [0.15, 0.2) is 144 Å². The number of aromatic nitrogens is 3. The number of thiophene rings is 1. The van der Waals surface area contributed by atoms with Crippen molar-refractivity contribution < 1.29 is 13.2 Å². The number of anilines is 3. The molecule has 2 N–H and O–H groups in total. The van der Waals surface area contributed by atoms with Crippen LogP contribution in [0.2, 0.25) is 0 Å². The number of ether oxygens (including phenoxy) is 1. The summed E-state index contributed by atoms with van der Waals surface area (Å²) >= 11 is 1.45. The number of pyridine rings is 1. The lowest BCUT2D eigenvalue weighted by molar-refractivity contribution is 0.415. The number of hydrogen-bond acceptors (Lipinski definition) is 9. The molecule has 0 saturated heterocycles. The summed E-state index contributed by atoms with van der Waals surface area (Å²) in [6.07, 6.45) is 0. The summed E-state index contributed by atoms with van der Waals surface area (Å²) in [5.74, 6) is 0.950. The van der Waals surface area contributed by atoms with E-state index in [0.717, 1.165) is 43.6 Å². The standard InChI is InChI=1S/C41H28N6O3S2/c1-50-31-21-17-30(18-22-31)47-52(48,49)32-23-19-29(20-24-32)43-40-33(25-42)34(26-11-5-2-6-12-26)39-38(44-40)36-35(27-13-7-3-8-14-27)37(45-46-41(36)51-39)28-15-9-4-10-16-28/h2-24,47H,1H3,(H,43,44). The molecule has 9 nitrogen and oxygen atoms in total. The maximum Gasteiger partial charge on any atom is 0.261 e. The molecule has 0 aliphatic rings. The zero-order valence-electron chi connectivity index (χ0n) is 27.6. The van der Waals surface area contributed by atoms with Crippen molar-refractivity contribution in [1.29, 1.82) is 5.26 Å². The molecular formula is C41H28N6O3S2. The normalized spacial score (nSPS) is 11.3. The van der Waals surface area contributed by atoms with E-state index >= 15 is 0 Å². The molecule has 0 spiro atoms. The minimum Gasteiger partial charge on any atom is -0.497 e. The fourth-order valence-corrected chi connectivity index (χ4v) is 8.34. The van der Waals surface area contributed by atoms with Gasteiger partial charge in [0.15, 0.2) is 0 Å². The second kappa shape index (κ2) is 13.6. The number of fused-ring (bicyclic) bond motifs is 3. The van der Waals surface area contributed by atoms with Crippen LogP contribution in [-0.2, 0) is 10.0 Å². The lowest BCUT2D eigenvalue weighted by Gasteiger charge is -2.14. The van der Waals surface area contributed by atoms with Crippen LogP contribution in [0.5, 0.6) is 5.75 Å². The summed E-state index contributed by atoms with van der Waals surface area (Å²) in [6.45, 7) is 0. The Labute approximate surface area is 303 Å². The fourth-order valence-electron chi connectivity index (χ4n) is 6.14. The van der Waals surface area contributed by atoms with Gasteiger partial charge in [0.1, 0.15) is 33.7 Å². The van der Waals surface area contributed by atoms with E-state index in [9.17, 15) is 13.7 Å². The molecular weight excluding hydrogens is 689 g/mol. The largest absolute Gasteiger partial charge is 0.497 e. The molecule has 5 aromatic carbocycles. The van der Waals surface area contributed by atoms with E-state index in [2.05, 4.69) is 16.1 Å². The summed E-state index contributed by atoms with van der Waals surface area (Å²) < 4.78 is 35.0. The highest BCUT2D eigenvalue weighted by molar-refractivity contribution is 7.92. The Hall–Kier alpha value is -6.61. The van der Waals surface area contributed by atoms with Gasteiger partial charge in [-0.25, -0.2) is 13.4 Å². The van der Waals surface area contributed by atoms with Crippen molar-refractivity contribution in [1.82, 2.24) is 15.2 Å². The van der Waals surface area contributed by atoms with Crippen LogP contribution >= 0.6 is 11.3 Å². The van der Waals surface area contributed by atoms with Gasteiger partial charge in [-0.05, 0) is 59.7 Å². The van der Waals surface area contributed by atoms with Gasteiger partial charge >= 0.3 is 0 Å². The van der Waals surface area contributed by atoms with Crippen LogP contribution in [0.25, 0.3) is 53.9 Å². The van der Waals surface area contributed by atoms with Crippen LogP contribution in [0.3, 0.4) is 0 Å². The van der Waals surface area contributed by atoms with E-state index in [1.807, 2.05) is 91.0 Å². The Balaban J connectivity index is 1.29. The number of hydrogen-bond donors (Lipinski definition) is 2. The van der Waals surface area contributed by atoms with Crippen LogP contribution in [0.4, 0.5) is 17.2 Å². The first-order valence-electron chi connectivity index (χ1n) is 16.2. The fraction of sp³-hybridized carbons (Fsp3) is 0.0244. The zero-order chi connectivity index (χ0) is 35.7. The van der Waals surface area contributed by atoms with E-state index < -0.39 is 10.0 Å². The molecule has 52 heavy (non-hydrogen) atoms. The topological polar surface area (TPSA) is 130 Å². The van der Waals surface area contributed by atoms with E-state index in [1.54, 1.807) is 43.5 Å². The van der Waals surface area contributed by atoms with Crippen LogP contribution in [-0.4, -0.2) is 30.7 Å². The average molecular weight is 717 g/mol. The van der Waals surface area contributed by atoms with Gasteiger partial charge < -0.3 is 10.1 Å². The molecule has 0 aliphatic carbocycles. The number of nitrogens with zero attached hydrogens (tertiary/aromatic N) is 4. The maximum atomic E-state index is 13.2. The van der Waals surface area contributed by atoms with Crippen LogP contribution in [0, 0.1) is 11.3 Å². The Morgan fingerprint density at radius 2 is 1.27 bits per heavy atom. The molecule has 0 atom stereocenters. The van der Waals surface area contributed by atoms with E-state index in [0.29, 0.717) is 38.9 Å². The zero-order valence-corrected chi connectivity index (χ0v) is 29.2. The average Bonchev–Trinajstić information content (AvgIpc) is 3.56.